The zero-order chi connectivity index (χ0) is 20.5. The molecule has 0 aliphatic heterocycles. The topological polar surface area (TPSA) is 64.4 Å². The Morgan fingerprint density at radius 3 is 2.52 bits per heavy atom. The van der Waals surface area contributed by atoms with Crippen molar-refractivity contribution < 1.29 is 13.9 Å². The number of nitrogens with one attached hydrogen (secondary N) is 1. The molecule has 4 aromatic rings. The van der Waals surface area contributed by atoms with Crippen LogP contribution < -0.4 is 10.1 Å². The molecule has 0 spiro atoms. The van der Waals surface area contributed by atoms with Crippen molar-refractivity contribution in [3.8, 4) is 17.2 Å². The van der Waals surface area contributed by atoms with Gasteiger partial charge in [0.25, 0.3) is 5.91 Å². The van der Waals surface area contributed by atoms with E-state index in [0.29, 0.717) is 34.0 Å². The van der Waals surface area contributed by atoms with Crippen LogP contribution in [0.3, 0.4) is 0 Å². The van der Waals surface area contributed by atoms with Crippen LogP contribution in [0.25, 0.3) is 22.6 Å². The Morgan fingerprint density at radius 2 is 1.79 bits per heavy atom. The average molecular weight is 516 g/mol. The second-order valence-electron chi connectivity index (χ2n) is 6.47. The van der Waals surface area contributed by atoms with Crippen molar-refractivity contribution in [2.24, 2.45) is 0 Å². The molecule has 0 saturated carbocycles. The Morgan fingerprint density at radius 1 is 1.03 bits per heavy atom. The van der Waals surface area contributed by atoms with Crippen molar-refractivity contribution in [2.75, 3.05) is 12.4 Å². The van der Waals surface area contributed by atoms with Gasteiger partial charge in [-0.25, -0.2) is 4.98 Å². The number of amides is 1. The Hall–Kier alpha value is -2.64. The van der Waals surface area contributed by atoms with Gasteiger partial charge in [-0.3, -0.25) is 4.79 Å². The lowest BCUT2D eigenvalue weighted by molar-refractivity contribution is 0.102. The molecule has 29 heavy (non-hydrogen) atoms. The number of anilines is 1. The van der Waals surface area contributed by atoms with Crippen LogP contribution in [0.1, 0.15) is 15.9 Å². The number of methoxy groups -OCH3 is 1. The summed E-state index contributed by atoms with van der Waals surface area (Å²) in [5, 5.41) is 2.91. The smallest absolute Gasteiger partial charge is 0.259 e. The second-order valence-corrected chi connectivity index (χ2v) is 8.30. The number of ether oxygens (including phenoxy) is 1. The maximum absolute atomic E-state index is 12.8. The van der Waals surface area contributed by atoms with Crippen LogP contribution in [0, 0.1) is 6.92 Å². The minimum Gasteiger partial charge on any atom is -0.496 e. The molecular formula is C22H16Br2N2O3. The SMILES string of the molecule is COc1c(C)cc(Br)cc1C(=O)Nc1ccc2oc(-c3ccc(Br)cc3)nc2c1. The maximum atomic E-state index is 12.8. The number of nitrogens with zero attached hydrogens (tertiary/aromatic N) is 1. The molecule has 0 aliphatic carbocycles. The fraction of sp³-hybridized carbons (Fsp3) is 0.0909. The summed E-state index contributed by atoms with van der Waals surface area (Å²) in [5.74, 6) is 0.813. The Kier molecular flexibility index (Phi) is 5.43. The highest BCUT2D eigenvalue weighted by molar-refractivity contribution is 9.10. The molecule has 0 saturated heterocycles. The molecule has 1 N–H and O–H groups in total. The summed E-state index contributed by atoms with van der Waals surface area (Å²) in [5.41, 5.74) is 4.14. The molecule has 146 valence electrons. The largest absolute Gasteiger partial charge is 0.496 e. The van der Waals surface area contributed by atoms with Crippen molar-refractivity contribution in [1.29, 1.82) is 0 Å². The number of aromatic nitrogens is 1. The van der Waals surface area contributed by atoms with E-state index in [0.717, 1.165) is 20.1 Å². The maximum Gasteiger partial charge on any atom is 0.259 e. The van der Waals surface area contributed by atoms with Gasteiger partial charge in [0.1, 0.15) is 11.3 Å². The molecule has 1 heterocycles. The zero-order valence-corrected chi connectivity index (χ0v) is 18.8. The van der Waals surface area contributed by atoms with Gasteiger partial charge in [-0.2, -0.15) is 0 Å². The van der Waals surface area contributed by atoms with E-state index in [4.69, 9.17) is 9.15 Å². The van der Waals surface area contributed by atoms with Gasteiger partial charge in [-0.05, 0) is 67.1 Å². The van der Waals surface area contributed by atoms with E-state index >= 15 is 0 Å². The lowest BCUT2D eigenvalue weighted by atomic mass is 10.1. The predicted molar refractivity (Wildman–Crippen MR) is 121 cm³/mol. The standard InChI is InChI=1S/C22H16Br2N2O3/c1-12-9-15(24)10-17(20(12)28-2)21(27)25-16-7-8-19-18(11-16)26-22(29-19)13-3-5-14(23)6-4-13/h3-11H,1-2H3,(H,25,27). The first-order chi connectivity index (χ1) is 13.9. The number of hydrogen-bond donors (Lipinski definition) is 1. The first-order valence-corrected chi connectivity index (χ1v) is 10.4. The normalized spacial score (nSPS) is 10.9. The van der Waals surface area contributed by atoms with E-state index in [1.54, 1.807) is 31.4 Å². The van der Waals surface area contributed by atoms with Crippen molar-refractivity contribution >= 4 is 54.6 Å². The minimum absolute atomic E-state index is 0.262. The molecule has 1 aromatic heterocycles. The number of fused-ring (bicyclic) bond motifs is 1. The summed E-state index contributed by atoms with van der Waals surface area (Å²) in [7, 11) is 1.55. The molecule has 5 nitrogen and oxygen atoms in total. The number of carbonyl (C=O) groups is 1. The van der Waals surface area contributed by atoms with E-state index in [2.05, 4.69) is 42.2 Å². The summed E-state index contributed by atoms with van der Waals surface area (Å²) >= 11 is 6.85. The average Bonchev–Trinajstić information content (AvgIpc) is 3.11. The van der Waals surface area contributed by atoms with Crippen LogP contribution in [0.4, 0.5) is 5.69 Å². The van der Waals surface area contributed by atoms with Gasteiger partial charge >= 0.3 is 0 Å². The quantitative estimate of drug-likeness (QED) is 0.333. The molecule has 1 amide bonds. The second kappa shape index (κ2) is 8.00. The summed E-state index contributed by atoms with van der Waals surface area (Å²) in [4.78, 5) is 17.4. The van der Waals surface area contributed by atoms with Crippen LogP contribution in [0.2, 0.25) is 0 Å². The Labute approximate surface area is 184 Å². The predicted octanol–water partition coefficient (Wildman–Crippen LogP) is 6.59. The summed E-state index contributed by atoms with van der Waals surface area (Å²) in [6.07, 6.45) is 0. The highest BCUT2D eigenvalue weighted by Crippen LogP contribution is 2.30. The first kappa shape index (κ1) is 19.7. The number of rotatable bonds is 4. The van der Waals surface area contributed by atoms with Gasteiger partial charge in [-0.15, -0.1) is 0 Å². The number of benzene rings is 3. The number of oxazole rings is 1. The lowest BCUT2D eigenvalue weighted by Crippen LogP contribution is -2.13. The van der Waals surface area contributed by atoms with Crippen LogP contribution >= 0.6 is 31.9 Å². The first-order valence-electron chi connectivity index (χ1n) is 8.76. The van der Waals surface area contributed by atoms with Crippen molar-refractivity contribution in [1.82, 2.24) is 4.98 Å². The third-order valence-electron chi connectivity index (χ3n) is 4.42. The molecule has 7 heteroatoms. The number of carbonyl (C=O) groups excluding carboxylic acids is 1. The van der Waals surface area contributed by atoms with Gasteiger partial charge in [0.05, 0.1) is 12.7 Å². The molecule has 0 bridgehead atoms. The molecule has 0 atom stereocenters. The summed E-state index contributed by atoms with van der Waals surface area (Å²) in [6, 6.07) is 16.7. The molecule has 4 rings (SSSR count). The van der Waals surface area contributed by atoms with Gasteiger partial charge in [0.15, 0.2) is 5.58 Å². The molecule has 0 unspecified atom stereocenters. The van der Waals surface area contributed by atoms with Crippen molar-refractivity contribution in [3.63, 3.8) is 0 Å². The van der Waals surface area contributed by atoms with Crippen LogP contribution in [-0.2, 0) is 0 Å². The van der Waals surface area contributed by atoms with E-state index in [-0.39, 0.29) is 5.91 Å². The summed E-state index contributed by atoms with van der Waals surface area (Å²) < 4.78 is 13.0. The third-order valence-corrected chi connectivity index (χ3v) is 5.41. The highest BCUT2D eigenvalue weighted by atomic mass is 79.9. The van der Waals surface area contributed by atoms with Crippen molar-refractivity contribution in [2.45, 2.75) is 6.92 Å². The monoisotopic (exact) mass is 514 g/mol. The van der Waals surface area contributed by atoms with E-state index < -0.39 is 0 Å². The zero-order valence-electron chi connectivity index (χ0n) is 15.6. The number of hydrogen-bond acceptors (Lipinski definition) is 4. The van der Waals surface area contributed by atoms with Gasteiger partial charge in [-0.1, -0.05) is 31.9 Å². The van der Waals surface area contributed by atoms with E-state index in [1.807, 2.05) is 37.3 Å². The minimum atomic E-state index is -0.262. The number of halogens is 2. The van der Waals surface area contributed by atoms with Gasteiger partial charge in [0.2, 0.25) is 5.89 Å². The van der Waals surface area contributed by atoms with Crippen LogP contribution in [0.15, 0.2) is 68.0 Å². The fourth-order valence-electron chi connectivity index (χ4n) is 3.09. The Bertz CT molecular complexity index is 1220. The molecular weight excluding hydrogens is 500 g/mol. The van der Waals surface area contributed by atoms with Gasteiger partial charge < -0.3 is 14.5 Å². The van der Waals surface area contributed by atoms with Crippen LogP contribution in [0.5, 0.6) is 5.75 Å². The molecule has 0 aliphatic rings. The van der Waals surface area contributed by atoms with E-state index in [1.165, 1.54) is 0 Å². The van der Waals surface area contributed by atoms with Gasteiger partial charge in [0, 0.05) is 20.2 Å². The molecule has 3 aromatic carbocycles. The molecule has 0 fully saturated rings. The Balaban J connectivity index is 1.64. The van der Waals surface area contributed by atoms with Crippen LogP contribution in [-0.4, -0.2) is 18.0 Å². The number of aryl methyl sites for hydroxylation is 1. The van der Waals surface area contributed by atoms with Crippen molar-refractivity contribution in [3.05, 3.63) is 74.7 Å². The highest BCUT2D eigenvalue weighted by Gasteiger charge is 2.17. The molecule has 0 radical (unpaired) electrons. The fourth-order valence-corrected chi connectivity index (χ4v) is 3.93. The summed E-state index contributed by atoms with van der Waals surface area (Å²) in [6.45, 7) is 1.89. The van der Waals surface area contributed by atoms with E-state index in [9.17, 15) is 4.79 Å². The lowest BCUT2D eigenvalue weighted by Gasteiger charge is -2.12. The third kappa shape index (κ3) is 4.06.